The van der Waals surface area contributed by atoms with Gasteiger partial charge >= 0.3 is 5.97 Å². The lowest BCUT2D eigenvalue weighted by Crippen LogP contribution is -2.56. The van der Waals surface area contributed by atoms with Gasteiger partial charge in [0.05, 0.1) is 11.6 Å². The van der Waals surface area contributed by atoms with Gasteiger partial charge in [-0.2, -0.15) is 10.5 Å². The zero-order valence-electron chi connectivity index (χ0n) is 15.8. The monoisotopic (exact) mass is 367 g/mol. The fourth-order valence-electron chi connectivity index (χ4n) is 3.68. The first-order valence-electron chi connectivity index (χ1n) is 8.63. The Labute approximate surface area is 158 Å². The topological polar surface area (TPSA) is 102 Å². The molecule has 0 aromatic heterocycles. The van der Waals surface area contributed by atoms with Gasteiger partial charge in [-0.3, -0.25) is 4.79 Å². The van der Waals surface area contributed by atoms with E-state index in [1.54, 1.807) is 18.2 Å². The number of esters is 1. The Morgan fingerprint density at radius 1 is 1.37 bits per heavy atom. The van der Waals surface area contributed by atoms with Crippen molar-refractivity contribution in [2.24, 2.45) is 4.99 Å². The number of guanidine groups is 1. The zero-order valence-corrected chi connectivity index (χ0v) is 15.8. The van der Waals surface area contributed by atoms with Crippen molar-refractivity contribution in [2.75, 3.05) is 20.1 Å². The highest BCUT2D eigenvalue weighted by Gasteiger charge is 2.50. The molecule has 2 aliphatic heterocycles. The molecule has 0 bridgehead atoms. The summed E-state index contributed by atoms with van der Waals surface area (Å²) in [5.74, 6) is 0.705. The fourth-order valence-corrected chi connectivity index (χ4v) is 3.68. The van der Waals surface area contributed by atoms with Crippen molar-refractivity contribution in [2.45, 2.75) is 38.5 Å². The Hall–Kier alpha value is -3.26. The van der Waals surface area contributed by atoms with Crippen LogP contribution in [-0.4, -0.2) is 53.6 Å². The van der Waals surface area contributed by atoms with Gasteiger partial charge in [-0.1, -0.05) is 0 Å². The molecule has 1 aromatic rings. The van der Waals surface area contributed by atoms with Crippen LogP contribution < -0.4 is 4.74 Å². The molecule has 1 saturated heterocycles. The third-order valence-electron chi connectivity index (χ3n) is 4.86. The van der Waals surface area contributed by atoms with E-state index in [2.05, 4.69) is 11.1 Å². The lowest BCUT2D eigenvalue weighted by molar-refractivity contribution is -0.166. The van der Waals surface area contributed by atoms with Crippen LogP contribution in [0.4, 0.5) is 0 Å². The summed E-state index contributed by atoms with van der Waals surface area (Å²) in [4.78, 5) is 19.6. The smallest absolute Gasteiger partial charge is 0.303 e. The van der Waals surface area contributed by atoms with E-state index in [1.807, 2.05) is 36.9 Å². The number of nitrogens with zero attached hydrogens (tertiary/aromatic N) is 5. The summed E-state index contributed by atoms with van der Waals surface area (Å²) in [6.07, 6.45) is 1.20. The van der Waals surface area contributed by atoms with Crippen LogP contribution >= 0.6 is 0 Å². The van der Waals surface area contributed by atoms with Gasteiger partial charge in [0.2, 0.25) is 12.2 Å². The Bertz CT molecular complexity index is 880. The van der Waals surface area contributed by atoms with Crippen LogP contribution in [0.25, 0.3) is 0 Å². The highest BCUT2D eigenvalue weighted by molar-refractivity contribution is 5.83. The maximum absolute atomic E-state index is 11.8. The largest absolute Gasteiger partial charge is 0.484 e. The molecule has 8 heteroatoms. The molecule has 27 heavy (non-hydrogen) atoms. The highest BCUT2D eigenvalue weighted by Crippen LogP contribution is 2.45. The van der Waals surface area contributed by atoms with Gasteiger partial charge < -0.3 is 19.3 Å². The van der Waals surface area contributed by atoms with E-state index >= 15 is 0 Å². The SMILES string of the molecule is CC(=O)O[C@@H]1[C@@H](N2CCN(C)/C2=N\C#N)c2cc(C#N)ccc2OC1(C)C. The van der Waals surface area contributed by atoms with E-state index in [9.17, 15) is 10.1 Å². The summed E-state index contributed by atoms with van der Waals surface area (Å²) in [5.41, 5.74) is 0.409. The second-order valence-electron chi connectivity index (χ2n) is 7.17. The van der Waals surface area contributed by atoms with Gasteiger partial charge in [-0.05, 0) is 32.0 Å². The molecule has 2 aliphatic rings. The summed E-state index contributed by atoms with van der Waals surface area (Å²) in [6.45, 7) is 6.35. The first-order valence-corrected chi connectivity index (χ1v) is 8.63. The molecule has 0 radical (unpaired) electrons. The van der Waals surface area contributed by atoms with Gasteiger partial charge in [-0.25, -0.2) is 0 Å². The van der Waals surface area contributed by atoms with Crippen molar-refractivity contribution in [3.63, 3.8) is 0 Å². The summed E-state index contributed by atoms with van der Waals surface area (Å²) in [6, 6.07) is 6.90. The van der Waals surface area contributed by atoms with Gasteiger partial charge in [0.1, 0.15) is 17.4 Å². The average Bonchev–Trinajstić information content (AvgIpc) is 2.96. The first kappa shape index (κ1) is 18.5. The molecular formula is C19H21N5O3. The molecule has 140 valence electrons. The predicted octanol–water partition coefficient (Wildman–Crippen LogP) is 1.79. The minimum absolute atomic E-state index is 0.423. The molecule has 8 nitrogen and oxygen atoms in total. The maximum Gasteiger partial charge on any atom is 0.303 e. The molecule has 0 unspecified atom stereocenters. The van der Waals surface area contributed by atoms with Crippen molar-refractivity contribution >= 4 is 11.9 Å². The number of nitriles is 2. The summed E-state index contributed by atoms with van der Waals surface area (Å²) in [7, 11) is 1.86. The van der Waals surface area contributed by atoms with Gasteiger partial charge in [0, 0.05) is 32.6 Å². The standard InChI is InChI=1S/C19H21N5O3/c1-12(25)26-17-16(24-8-7-23(4)18(24)22-11-21)14-9-13(10-20)5-6-15(14)27-19(17,2)3/h5-6,9,16-17H,7-8H2,1-4H3/b22-18+/t16-,17+/m0/s1. The predicted molar refractivity (Wildman–Crippen MR) is 96.5 cm³/mol. The Morgan fingerprint density at radius 2 is 2.11 bits per heavy atom. The van der Waals surface area contributed by atoms with Crippen molar-refractivity contribution in [3.05, 3.63) is 29.3 Å². The van der Waals surface area contributed by atoms with Crippen LogP contribution in [0.5, 0.6) is 5.75 Å². The van der Waals surface area contributed by atoms with Crippen molar-refractivity contribution in [1.82, 2.24) is 9.80 Å². The molecule has 3 rings (SSSR count). The second-order valence-corrected chi connectivity index (χ2v) is 7.17. The zero-order chi connectivity index (χ0) is 19.8. The van der Waals surface area contributed by atoms with Crippen LogP contribution in [0, 0.1) is 22.8 Å². The molecule has 0 saturated carbocycles. The summed E-state index contributed by atoms with van der Waals surface area (Å²) >= 11 is 0. The van der Waals surface area contributed by atoms with Crippen molar-refractivity contribution in [3.8, 4) is 18.0 Å². The number of rotatable bonds is 2. The number of hydrogen-bond donors (Lipinski definition) is 0. The van der Waals surface area contributed by atoms with Gasteiger partial charge in [-0.15, -0.1) is 4.99 Å². The first-order chi connectivity index (χ1) is 12.8. The van der Waals surface area contributed by atoms with Crippen molar-refractivity contribution < 1.29 is 14.3 Å². The van der Waals surface area contributed by atoms with Gasteiger partial charge in [0.15, 0.2) is 6.10 Å². The van der Waals surface area contributed by atoms with Crippen LogP contribution in [-0.2, 0) is 9.53 Å². The minimum atomic E-state index is -0.809. The van der Waals surface area contributed by atoms with Crippen LogP contribution in [0.2, 0.25) is 0 Å². The number of aliphatic imine (C=N–C) groups is 1. The number of hydrogen-bond acceptors (Lipinski definition) is 6. The lowest BCUT2D eigenvalue weighted by Gasteiger charge is -2.47. The van der Waals surface area contributed by atoms with E-state index in [4.69, 9.17) is 14.7 Å². The molecular weight excluding hydrogens is 346 g/mol. The number of carbonyl (C=O) groups is 1. The Kier molecular flexibility index (Phi) is 4.67. The minimum Gasteiger partial charge on any atom is -0.484 e. The second kappa shape index (κ2) is 6.81. The number of fused-ring (bicyclic) bond motifs is 1. The lowest BCUT2D eigenvalue weighted by atomic mass is 9.84. The van der Waals surface area contributed by atoms with E-state index in [-0.39, 0.29) is 0 Å². The average molecular weight is 367 g/mol. The Morgan fingerprint density at radius 3 is 2.74 bits per heavy atom. The van der Waals surface area contributed by atoms with E-state index in [0.717, 1.165) is 5.56 Å². The summed E-state index contributed by atoms with van der Waals surface area (Å²) in [5, 5.41) is 18.4. The quantitative estimate of drug-likeness (QED) is 0.580. The Balaban J connectivity index is 2.19. The molecule has 1 aromatic carbocycles. The fraction of sp³-hybridized carbons (Fsp3) is 0.474. The highest BCUT2D eigenvalue weighted by atomic mass is 16.6. The number of likely N-dealkylation sites (N-methyl/N-ethyl adjacent to an activating group) is 1. The molecule has 0 spiro atoms. The number of ether oxygens (including phenoxy) is 2. The van der Waals surface area contributed by atoms with Gasteiger partial charge in [0.25, 0.3) is 0 Å². The van der Waals surface area contributed by atoms with Crippen LogP contribution in [0.15, 0.2) is 23.2 Å². The molecule has 0 amide bonds. The summed E-state index contributed by atoms with van der Waals surface area (Å²) < 4.78 is 11.8. The normalized spacial score (nSPS) is 24.6. The van der Waals surface area contributed by atoms with E-state index < -0.39 is 23.7 Å². The molecule has 0 N–H and O–H groups in total. The molecule has 0 aliphatic carbocycles. The van der Waals surface area contributed by atoms with Crippen LogP contribution in [0.1, 0.15) is 37.9 Å². The third kappa shape index (κ3) is 3.26. The molecule has 2 heterocycles. The van der Waals surface area contributed by atoms with E-state index in [0.29, 0.717) is 30.4 Å². The third-order valence-corrected chi connectivity index (χ3v) is 4.86. The van der Waals surface area contributed by atoms with Crippen molar-refractivity contribution in [1.29, 1.82) is 10.5 Å². The molecule has 2 atom stereocenters. The molecule has 1 fully saturated rings. The number of benzene rings is 1. The number of carbonyl (C=O) groups excluding carboxylic acids is 1. The van der Waals surface area contributed by atoms with Crippen LogP contribution in [0.3, 0.4) is 0 Å². The maximum atomic E-state index is 11.8. The van der Waals surface area contributed by atoms with E-state index in [1.165, 1.54) is 6.92 Å².